The number of hydrogen-bond acceptors (Lipinski definition) is 4. The fraction of sp³-hybridized carbons (Fsp3) is 0.667. The average molecular weight is 625 g/mol. The highest BCUT2D eigenvalue weighted by atomic mass is 16.6. The molecule has 248 valence electrons. The van der Waals surface area contributed by atoms with Gasteiger partial charge in [0.1, 0.15) is 11.7 Å². The van der Waals surface area contributed by atoms with Crippen molar-refractivity contribution in [3.8, 4) is 0 Å². The van der Waals surface area contributed by atoms with Crippen molar-refractivity contribution in [2.75, 3.05) is 0 Å². The van der Waals surface area contributed by atoms with Crippen LogP contribution in [0, 0.1) is 52.3 Å². The van der Waals surface area contributed by atoms with Gasteiger partial charge >= 0.3 is 11.9 Å². The number of hydrogen-bond donors (Lipinski definition) is 0. The molecule has 7 rings (SSSR count). The second kappa shape index (κ2) is 12.4. The second-order valence-corrected chi connectivity index (χ2v) is 17.0. The molecular weight excluding hydrogens is 568 g/mol. The Bertz CT molecular complexity index is 1380. The van der Waals surface area contributed by atoms with Gasteiger partial charge in [-0.05, 0) is 167 Å². The molecule has 46 heavy (non-hydrogen) atoms. The van der Waals surface area contributed by atoms with E-state index in [1.807, 2.05) is 60.7 Å². The van der Waals surface area contributed by atoms with Gasteiger partial charge in [-0.3, -0.25) is 0 Å². The predicted molar refractivity (Wildman–Crippen MR) is 182 cm³/mol. The van der Waals surface area contributed by atoms with E-state index in [9.17, 15) is 9.59 Å². The zero-order valence-corrected chi connectivity index (χ0v) is 28.7. The summed E-state index contributed by atoms with van der Waals surface area (Å²) in [7, 11) is 0. The van der Waals surface area contributed by atoms with Crippen molar-refractivity contribution in [1.29, 1.82) is 0 Å². The molecule has 0 spiro atoms. The summed E-state index contributed by atoms with van der Waals surface area (Å²) in [6, 6.07) is 19.0. The summed E-state index contributed by atoms with van der Waals surface area (Å²) in [6.07, 6.45) is 15.8. The largest absolute Gasteiger partial charge is 0.458 e. The van der Waals surface area contributed by atoms with Gasteiger partial charge in [0.05, 0.1) is 11.1 Å². The summed E-state index contributed by atoms with van der Waals surface area (Å²) in [5.41, 5.74) is 1.74. The number of rotatable bonds is 9. The Balaban J connectivity index is 0.973. The first-order chi connectivity index (χ1) is 22.1. The van der Waals surface area contributed by atoms with Gasteiger partial charge in [-0.25, -0.2) is 9.59 Å². The predicted octanol–water partition coefficient (Wildman–Crippen LogP) is 10.3. The Morgan fingerprint density at radius 2 is 1.37 bits per heavy atom. The van der Waals surface area contributed by atoms with E-state index in [-0.39, 0.29) is 23.6 Å². The molecule has 0 heterocycles. The molecule has 0 aliphatic heterocycles. The lowest BCUT2D eigenvalue weighted by Crippen LogP contribution is -2.56. The van der Waals surface area contributed by atoms with Crippen LogP contribution in [0.5, 0.6) is 0 Å². The molecule has 2 aromatic carbocycles. The SMILES string of the molecule is C[C@H](CC[C@H](OC(=O)c1ccccc1)C1CC1)[C@H]1CC[C@H]2[C@@H]3CC[C@H]4C[C@@](C)(OC(=O)c5ccccc5)CC[C@]4(C)[C@H]3CC[C@]12C. The first kappa shape index (κ1) is 32.0. The molecule has 0 saturated heterocycles. The van der Waals surface area contributed by atoms with Crippen LogP contribution in [-0.2, 0) is 9.47 Å². The van der Waals surface area contributed by atoms with Gasteiger partial charge in [-0.15, -0.1) is 0 Å². The fourth-order valence-corrected chi connectivity index (χ4v) is 11.6. The Kier molecular flexibility index (Phi) is 8.64. The number of carbonyl (C=O) groups excluding carboxylic acids is 2. The van der Waals surface area contributed by atoms with Crippen molar-refractivity contribution in [1.82, 2.24) is 0 Å². The van der Waals surface area contributed by atoms with Gasteiger partial charge in [-0.2, -0.15) is 0 Å². The van der Waals surface area contributed by atoms with Crippen LogP contribution in [0.4, 0.5) is 0 Å². The number of benzene rings is 2. The zero-order valence-electron chi connectivity index (χ0n) is 28.7. The summed E-state index contributed by atoms with van der Waals surface area (Å²) in [5.74, 6) is 4.74. The van der Waals surface area contributed by atoms with Crippen molar-refractivity contribution < 1.29 is 19.1 Å². The van der Waals surface area contributed by atoms with E-state index in [1.54, 1.807) is 0 Å². The van der Waals surface area contributed by atoms with E-state index in [0.717, 1.165) is 49.4 Å². The molecule has 10 atom stereocenters. The first-order valence-electron chi connectivity index (χ1n) is 18.6. The summed E-state index contributed by atoms with van der Waals surface area (Å²) in [6.45, 7) is 9.96. The number of ether oxygens (including phenoxy) is 2. The Labute approximate surface area is 277 Å². The fourth-order valence-electron chi connectivity index (χ4n) is 11.6. The molecule has 0 radical (unpaired) electrons. The van der Waals surface area contributed by atoms with Crippen molar-refractivity contribution in [3.63, 3.8) is 0 Å². The molecule has 0 aromatic heterocycles. The van der Waals surface area contributed by atoms with Crippen molar-refractivity contribution in [2.45, 2.75) is 123 Å². The molecule has 0 bridgehead atoms. The highest BCUT2D eigenvalue weighted by molar-refractivity contribution is 5.90. The van der Waals surface area contributed by atoms with E-state index >= 15 is 0 Å². The average Bonchev–Trinajstić information content (AvgIpc) is 3.84. The van der Waals surface area contributed by atoms with Crippen molar-refractivity contribution in [2.24, 2.45) is 52.3 Å². The lowest BCUT2D eigenvalue weighted by Gasteiger charge is -2.62. The van der Waals surface area contributed by atoms with Crippen LogP contribution in [0.3, 0.4) is 0 Å². The van der Waals surface area contributed by atoms with Crippen molar-refractivity contribution in [3.05, 3.63) is 71.8 Å². The Hall–Kier alpha value is -2.62. The maximum atomic E-state index is 13.0. The van der Waals surface area contributed by atoms with E-state index in [4.69, 9.17) is 9.47 Å². The molecule has 0 N–H and O–H groups in total. The van der Waals surface area contributed by atoms with Crippen LogP contribution in [0.15, 0.2) is 60.7 Å². The third-order valence-electron chi connectivity index (χ3n) is 14.4. The molecule has 5 fully saturated rings. The molecule has 0 amide bonds. The van der Waals surface area contributed by atoms with Gasteiger partial charge in [0, 0.05) is 0 Å². The summed E-state index contributed by atoms with van der Waals surface area (Å²) < 4.78 is 12.4. The normalized spacial score (nSPS) is 38.0. The highest BCUT2D eigenvalue weighted by Crippen LogP contribution is 2.69. The quantitative estimate of drug-likeness (QED) is 0.261. The monoisotopic (exact) mass is 624 g/mol. The van der Waals surface area contributed by atoms with E-state index in [0.29, 0.717) is 39.7 Å². The van der Waals surface area contributed by atoms with E-state index < -0.39 is 0 Å². The summed E-state index contributed by atoms with van der Waals surface area (Å²) in [4.78, 5) is 25.9. The minimum atomic E-state index is -0.366. The van der Waals surface area contributed by atoms with Crippen LogP contribution in [0.1, 0.15) is 132 Å². The maximum Gasteiger partial charge on any atom is 0.338 e. The standard InChI is InChI=1S/C42H56O4/c1-28(15-22-37(29-16-17-29)45-38(43)30-11-7-5-8-12-30)34-20-21-35-33-19-18-32-27-40(2,46-39(44)31-13-9-6-10-14-31)25-26-41(32,3)36(33)23-24-42(34,35)4/h5-14,28-29,32-37H,15-27H2,1-4H3/t28-,32+,33+,34-,35+,36+,37+,40+,41+,42-/m1/s1. The molecule has 0 unspecified atom stereocenters. The Morgan fingerprint density at radius 3 is 2.04 bits per heavy atom. The summed E-state index contributed by atoms with van der Waals surface area (Å²) in [5, 5.41) is 0. The minimum absolute atomic E-state index is 0.0649. The lowest BCUT2D eigenvalue weighted by atomic mass is 9.43. The molecule has 2 aromatic rings. The molecule has 4 nitrogen and oxygen atoms in total. The summed E-state index contributed by atoms with van der Waals surface area (Å²) >= 11 is 0. The maximum absolute atomic E-state index is 13.0. The topological polar surface area (TPSA) is 52.6 Å². The molecule has 4 heteroatoms. The molecule has 5 aliphatic carbocycles. The van der Waals surface area contributed by atoms with Gasteiger partial charge in [0.15, 0.2) is 0 Å². The van der Waals surface area contributed by atoms with Crippen LogP contribution in [0.2, 0.25) is 0 Å². The zero-order chi connectivity index (χ0) is 32.1. The smallest absolute Gasteiger partial charge is 0.338 e. The van der Waals surface area contributed by atoms with Crippen LogP contribution in [0.25, 0.3) is 0 Å². The number of fused-ring (bicyclic) bond motifs is 5. The molecule has 5 aliphatic rings. The third-order valence-corrected chi connectivity index (χ3v) is 14.4. The van der Waals surface area contributed by atoms with Crippen molar-refractivity contribution >= 4 is 11.9 Å². The van der Waals surface area contributed by atoms with Crippen LogP contribution < -0.4 is 0 Å². The first-order valence-corrected chi connectivity index (χ1v) is 18.6. The van der Waals surface area contributed by atoms with Gasteiger partial charge < -0.3 is 9.47 Å². The van der Waals surface area contributed by atoms with E-state index in [2.05, 4.69) is 27.7 Å². The van der Waals surface area contributed by atoms with Gasteiger partial charge in [0.25, 0.3) is 0 Å². The highest BCUT2D eigenvalue weighted by Gasteiger charge is 2.61. The third kappa shape index (κ3) is 5.96. The number of carbonyl (C=O) groups is 2. The lowest BCUT2D eigenvalue weighted by molar-refractivity contribution is -0.149. The number of esters is 2. The second-order valence-electron chi connectivity index (χ2n) is 17.0. The van der Waals surface area contributed by atoms with Crippen LogP contribution >= 0.6 is 0 Å². The minimum Gasteiger partial charge on any atom is -0.458 e. The Morgan fingerprint density at radius 1 is 0.717 bits per heavy atom. The molecule has 5 saturated carbocycles. The molecular formula is C42H56O4. The van der Waals surface area contributed by atoms with Gasteiger partial charge in [-0.1, -0.05) is 57.2 Å². The van der Waals surface area contributed by atoms with Crippen LogP contribution in [-0.4, -0.2) is 23.6 Å². The van der Waals surface area contributed by atoms with Gasteiger partial charge in [0.2, 0.25) is 0 Å². The van der Waals surface area contributed by atoms with E-state index in [1.165, 1.54) is 57.8 Å².